The molecule has 0 spiro atoms. The van der Waals surface area contributed by atoms with Crippen LogP contribution in [0.3, 0.4) is 0 Å². The van der Waals surface area contributed by atoms with Gasteiger partial charge in [0, 0.05) is 12.2 Å². The number of amides is 2. The average Bonchev–Trinajstić information content (AvgIpc) is 3.24. The van der Waals surface area contributed by atoms with E-state index in [0.29, 0.717) is 23.1 Å². The maximum absolute atomic E-state index is 12.2. The van der Waals surface area contributed by atoms with Gasteiger partial charge in [-0.05, 0) is 29.8 Å². The zero-order valence-electron chi connectivity index (χ0n) is 16.5. The Kier molecular flexibility index (Phi) is 6.51. The first-order valence-electron chi connectivity index (χ1n) is 8.91. The minimum absolute atomic E-state index is 0.232. The van der Waals surface area contributed by atoms with Gasteiger partial charge in [-0.15, -0.1) is 10.2 Å². The predicted octanol–water partition coefficient (Wildman–Crippen LogP) is 2.29. The van der Waals surface area contributed by atoms with Gasteiger partial charge in [0.2, 0.25) is 5.75 Å². The Bertz CT molecular complexity index is 934. The molecular formula is C20H23N5O4. The van der Waals surface area contributed by atoms with Crippen LogP contribution in [-0.4, -0.2) is 42.1 Å². The lowest BCUT2D eigenvalue weighted by atomic mass is 10.2. The van der Waals surface area contributed by atoms with Crippen LogP contribution in [0, 0.1) is 0 Å². The van der Waals surface area contributed by atoms with Gasteiger partial charge in [0.25, 0.3) is 0 Å². The minimum atomic E-state index is -0.332. The zero-order valence-corrected chi connectivity index (χ0v) is 16.5. The molecule has 0 fully saturated rings. The summed E-state index contributed by atoms with van der Waals surface area (Å²) < 4.78 is 17.8. The van der Waals surface area contributed by atoms with E-state index >= 15 is 0 Å². The van der Waals surface area contributed by atoms with Gasteiger partial charge in [-0.3, -0.25) is 4.57 Å². The molecule has 2 N–H and O–H groups in total. The van der Waals surface area contributed by atoms with E-state index < -0.39 is 0 Å². The smallest absolute Gasteiger partial charge is 0.315 e. The summed E-state index contributed by atoms with van der Waals surface area (Å²) in [5, 5.41) is 13.6. The van der Waals surface area contributed by atoms with Crippen LogP contribution < -0.4 is 24.8 Å². The van der Waals surface area contributed by atoms with Crippen molar-refractivity contribution in [2.24, 2.45) is 0 Å². The monoisotopic (exact) mass is 397 g/mol. The van der Waals surface area contributed by atoms with E-state index in [-0.39, 0.29) is 19.1 Å². The SMILES string of the molecule is COc1cc(CNC(=O)NCc2nncn2-c2ccccc2)cc(OC)c1OC. The van der Waals surface area contributed by atoms with E-state index in [1.54, 1.807) is 39.8 Å². The van der Waals surface area contributed by atoms with Crippen LogP contribution in [0.5, 0.6) is 17.2 Å². The summed E-state index contributed by atoms with van der Waals surface area (Å²) in [7, 11) is 4.63. The average molecular weight is 397 g/mol. The van der Waals surface area contributed by atoms with E-state index in [2.05, 4.69) is 20.8 Å². The number of hydrogen-bond donors (Lipinski definition) is 2. The van der Waals surface area contributed by atoms with Crippen LogP contribution in [0.25, 0.3) is 5.69 Å². The number of nitrogens with zero attached hydrogens (tertiary/aromatic N) is 3. The predicted molar refractivity (Wildman–Crippen MR) is 107 cm³/mol. The van der Waals surface area contributed by atoms with Crippen LogP contribution >= 0.6 is 0 Å². The lowest BCUT2D eigenvalue weighted by molar-refractivity contribution is 0.239. The van der Waals surface area contributed by atoms with Crippen molar-refractivity contribution in [1.29, 1.82) is 0 Å². The number of hydrogen-bond acceptors (Lipinski definition) is 6. The van der Waals surface area contributed by atoms with Crippen LogP contribution in [0.2, 0.25) is 0 Å². The molecule has 2 amide bonds. The highest BCUT2D eigenvalue weighted by molar-refractivity contribution is 5.73. The summed E-state index contributed by atoms with van der Waals surface area (Å²) in [4.78, 5) is 12.2. The molecule has 9 heteroatoms. The first kappa shape index (κ1) is 20.0. The topological polar surface area (TPSA) is 99.5 Å². The Morgan fingerprint density at radius 3 is 2.24 bits per heavy atom. The molecule has 152 valence electrons. The number of nitrogens with one attached hydrogen (secondary N) is 2. The van der Waals surface area contributed by atoms with Crippen molar-refractivity contribution in [3.8, 4) is 22.9 Å². The van der Waals surface area contributed by atoms with Gasteiger partial charge in [0.05, 0.1) is 27.9 Å². The molecule has 3 rings (SSSR count). The van der Waals surface area contributed by atoms with Crippen molar-refractivity contribution in [2.45, 2.75) is 13.1 Å². The van der Waals surface area contributed by atoms with Crippen molar-refractivity contribution >= 4 is 6.03 Å². The fourth-order valence-electron chi connectivity index (χ4n) is 2.83. The molecule has 1 aromatic heterocycles. The molecule has 3 aromatic rings. The van der Waals surface area contributed by atoms with E-state index in [9.17, 15) is 4.79 Å². The summed E-state index contributed by atoms with van der Waals surface area (Å²) in [6.07, 6.45) is 1.61. The molecule has 0 aliphatic rings. The molecule has 29 heavy (non-hydrogen) atoms. The molecule has 1 heterocycles. The standard InChI is InChI=1S/C20H23N5O4/c1-27-16-9-14(10-17(28-2)19(16)29-3)11-21-20(26)22-12-18-24-23-13-25(18)15-7-5-4-6-8-15/h4-10,13H,11-12H2,1-3H3,(H2,21,22,26). The second-order valence-electron chi connectivity index (χ2n) is 6.02. The van der Waals surface area contributed by atoms with Crippen molar-refractivity contribution < 1.29 is 19.0 Å². The van der Waals surface area contributed by atoms with Crippen LogP contribution in [0.1, 0.15) is 11.4 Å². The van der Waals surface area contributed by atoms with Crippen molar-refractivity contribution in [2.75, 3.05) is 21.3 Å². The normalized spacial score (nSPS) is 10.3. The first-order chi connectivity index (χ1) is 14.2. The van der Waals surface area contributed by atoms with E-state index in [1.165, 1.54) is 0 Å². The molecule has 0 atom stereocenters. The highest BCUT2D eigenvalue weighted by Gasteiger charge is 2.14. The molecule has 0 radical (unpaired) electrons. The summed E-state index contributed by atoms with van der Waals surface area (Å²) in [5.41, 5.74) is 1.73. The van der Waals surface area contributed by atoms with Crippen molar-refractivity contribution in [3.63, 3.8) is 0 Å². The number of para-hydroxylation sites is 1. The second kappa shape index (κ2) is 9.45. The second-order valence-corrected chi connectivity index (χ2v) is 6.02. The summed E-state index contributed by atoms with van der Waals surface area (Å²) in [6.45, 7) is 0.518. The molecule has 0 unspecified atom stereocenters. The number of aromatic nitrogens is 3. The lowest BCUT2D eigenvalue weighted by Crippen LogP contribution is -2.35. The first-order valence-corrected chi connectivity index (χ1v) is 8.91. The van der Waals surface area contributed by atoms with Gasteiger partial charge in [-0.2, -0.15) is 0 Å². The Balaban J connectivity index is 1.60. The maximum atomic E-state index is 12.2. The number of methoxy groups -OCH3 is 3. The van der Waals surface area contributed by atoms with Gasteiger partial charge < -0.3 is 24.8 Å². The number of ether oxygens (including phenoxy) is 3. The van der Waals surface area contributed by atoms with Gasteiger partial charge >= 0.3 is 6.03 Å². The molecule has 9 nitrogen and oxygen atoms in total. The van der Waals surface area contributed by atoms with Gasteiger partial charge in [0.15, 0.2) is 17.3 Å². The molecular weight excluding hydrogens is 374 g/mol. The highest BCUT2D eigenvalue weighted by Crippen LogP contribution is 2.38. The molecule has 0 aliphatic carbocycles. The van der Waals surface area contributed by atoms with E-state index in [1.807, 2.05) is 34.9 Å². The summed E-state index contributed by atoms with van der Waals surface area (Å²) >= 11 is 0. The number of benzene rings is 2. The third-order valence-electron chi connectivity index (χ3n) is 4.24. The third-order valence-corrected chi connectivity index (χ3v) is 4.24. The van der Waals surface area contributed by atoms with Gasteiger partial charge in [-0.25, -0.2) is 4.79 Å². The molecule has 0 saturated carbocycles. The molecule has 0 aliphatic heterocycles. The fourth-order valence-corrected chi connectivity index (χ4v) is 2.83. The fraction of sp³-hybridized carbons (Fsp3) is 0.250. The lowest BCUT2D eigenvalue weighted by Gasteiger charge is -2.14. The molecule has 2 aromatic carbocycles. The number of rotatable bonds is 8. The van der Waals surface area contributed by atoms with Crippen molar-refractivity contribution in [3.05, 3.63) is 60.2 Å². The minimum Gasteiger partial charge on any atom is -0.493 e. The van der Waals surface area contributed by atoms with E-state index in [0.717, 1.165) is 11.3 Å². The summed E-state index contributed by atoms with van der Waals surface area (Å²) in [5.74, 6) is 2.18. The Hall–Kier alpha value is -3.75. The Morgan fingerprint density at radius 2 is 1.62 bits per heavy atom. The van der Waals surface area contributed by atoms with Crippen molar-refractivity contribution in [1.82, 2.24) is 25.4 Å². The van der Waals surface area contributed by atoms with Gasteiger partial charge in [0.1, 0.15) is 6.33 Å². The Labute approximate surface area is 168 Å². The third kappa shape index (κ3) is 4.75. The quantitative estimate of drug-likeness (QED) is 0.605. The Morgan fingerprint density at radius 1 is 0.966 bits per heavy atom. The molecule has 0 bridgehead atoms. The zero-order chi connectivity index (χ0) is 20.6. The van der Waals surface area contributed by atoms with Crippen LogP contribution in [-0.2, 0) is 13.1 Å². The van der Waals surface area contributed by atoms with E-state index in [4.69, 9.17) is 14.2 Å². The summed E-state index contributed by atoms with van der Waals surface area (Å²) in [6, 6.07) is 12.9. The highest BCUT2D eigenvalue weighted by atomic mass is 16.5. The maximum Gasteiger partial charge on any atom is 0.315 e. The molecule has 0 saturated heterocycles. The van der Waals surface area contributed by atoms with Crippen LogP contribution in [0.4, 0.5) is 4.79 Å². The van der Waals surface area contributed by atoms with Crippen LogP contribution in [0.15, 0.2) is 48.8 Å². The largest absolute Gasteiger partial charge is 0.493 e. The number of carbonyl (C=O) groups is 1. The van der Waals surface area contributed by atoms with Gasteiger partial charge in [-0.1, -0.05) is 18.2 Å². The number of urea groups is 1. The number of carbonyl (C=O) groups excluding carboxylic acids is 1.